The summed E-state index contributed by atoms with van der Waals surface area (Å²) in [5.41, 5.74) is 1.76. The van der Waals surface area contributed by atoms with E-state index < -0.39 is 0 Å². The summed E-state index contributed by atoms with van der Waals surface area (Å²) in [6.45, 7) is 1.85. The van der Waals surface area contributed by atoms with E-state index in [0.29, 0.717) is 0 Å². The van der Waals surface area contributed by atoms with Crippen LogP contribution in [0.3, 0.4) is 0 Å². The van der Waals surface area contributed by atoms with Crippen LogP contribution < -0.4 is 10.6 Å². The monoisotopic (exact) mass is 364 g/mol. The Labute approximate surface area is 137 Å². The number of benzene rings is 2. The topological polar surface area (TPSA) is 41.1 Å². The molecule has 0 bridgehead atoms. The third kappa shape index (κ3) is 4.51. The highest BCUT2D eigenvalue weighted by atomic mass is 79.9. The highest BCUT2D eigenvalue weighted by Crippen LogP contribution is 2.24. The Hall–Kier alpha value is -1.46. The Morgan fingerprint density at radius 3 is 2.48 bits per heavy atom. The summed E-state index contributed by atoms with van der Waals surface area (Å²) in [6.07, 6.45) is 1.99. The summed E-state index contributed by atoms with van der Waals surface area (Å²) in [4.78, 5) is 13.3. The van der Waals surface area contributed by atoms with Crippen LogP contribution in [0.2, 0.25) is 0 Å². The Morgan fingerprint density at radius 2 is 1.81 bits per heavy atom. The normalized spacial score (nSPS) is 11.8. The van der Waals surface area contributed by atoms with Crippen LogP contribution in [0.25, 0.3) is 0 Å². The molecule has 2 aromatic rings. The second-order valence-electron chi connectivity index (χ2n) is 4.56. The van der Waals surface area contributed by atoms with Gasteiger partial charge in [0, 0.05) is 15.1 Å². The lowest BCUT2D eigenvalue weighted by molar-refractivity contribution is -0.116. The maximum absolute atomic E-state index is 12.3. The van der Waals surface area contributed by atoms with Crippen molar-refractivity contribution in [3.8, 4) is 0 Å². The number of anilines is 2. The van der Waals surface area contributed by atoms with Gasteiger partial charge in [0.05, 0.1) is 5.69 Å². The van der Waals surface area contributed by atoms with Crippen LogP contribution in [-0.4, -0.2) is 18.2 Å². The first-order valence-corrected chi connectivity index (χ1v) is 8.58. The summed E-state index contributed by atoms with van der Waals surface area (Å²) in [7, 11) is 0. The average molecular weight is 365 g/mol. The van der Waals surface area contributed by atoms with E-state index in [2.05, 4.69) is 26.6 Å². The molecule has 0 aliphatic heterocycles. The van der Waals surface area contributed by atoms with Crippen molar-refractivity contribution in [2.24, 2.45) is 0 Å². The zero-order valence-electron chi connectivity index (χ0n) is 11.9. The number of thioether (sulfide) groups is 1. The van der Waals surface area contributed by atoms with Crippen molar-refractivity contribution >= 4 is 45.0 Å². The molecule has 1 atom stereocenters. The number of para-hydroxylation sites is 1. The van der Waals surface area contributed by atoms with Gasteiger partial charge in [-0.3, -0.25) is 4.79 Å². The third-order valence-corrected chi connectivity index (χ3v) is 4.31. The minimum atomic E-state index is -0.318. The Morgan fingerprint density at radius 1 is 1.14 bits per heavy atom. The van der Waals surface area contributed by atoms with Gasteiger partial charge in [0.1, 0.15) is 6.04 Å². The lowest BCUT2D eigenvalue weighted by Crippen LogP contribution is -2.32. The maximum Gasteiger partial charge on any atom is 0.246 e. The fourth-order valence-corrected chi connectivity index (χ4v) is 2.67. The predicted octanol–water partition coefficient (Wildman–Crippen LogP) is 4.61. The van der Waals surface area contributed by atoms with E-state index in [1.807, 2.05) is 61.7 Å². The molecule has 21 heavy (non-hydrogen) atoms. The average Bonchev–Trinajstić information content (AvgIpc) is 2.50. The molecule has 2 rings (SSSR count). The van der Waals surface area contributed by atoms with Crippen LogP contribution in [0.4, 0.5) is 11.4 Å². The van der Waals surface area contributed by atoms with Crippen molar-refractivity contribution in [3.05, 3.63) is 53.0 Å². The molecular weight excluding hydrogens is 348 g/mol. The van der Waals surface area contributed by atoms with Crippen molar-refractivity contribution in [2.45, 2.75) is 17.9 Å². The minimum absolute atomic E-state index is 0.0561. The van der Waals surface area contributed by atoms with Crippen molar-refractivity contribution in [1.29, 1.82) is 0 Å². The van der Waals surface area contributed by atoms with Gasteiger partial charge in [-0.15, -0.1) is 11.8 Å². The van der Waals surface area contributed by atoms with Gasteiger partial charge < -0.3 is 10.6 Å². The van der Waals surface area contributed by atoms with Gasteiger partial charge in [-0.1, -0.05) is 28.1 Å². The van der Waals surface area contributed by atoms with Gasteiger partial charge in [0.2, 0.25) is 5.91 Å². The van der Waals surface area contributed by atoms with Crippen molar-refractivity contribution < 1.29 is 4.79 Å². The molecule has 0 radical (unpaired) electrons. The molecule has 2 N–H and O–H groups in total. The van der Waals surface area contributed by atoms with Crippen LogP contribution in [0.15, 0.2) is 57.9 Å². The van der Waals surface area contributed by atoms with Gasteiger partial charge in [0.25, 0.3) is 0 Å². The van der Waals surface area contributed by atoms with E-state index in [1.54, 1.807) is 11.8 Å². The third-order valence-electron chi connectivity index (χ3n) is 2.99. The van der Waals surface area contributed by atoms with E-state index in [4.69, 9.17) is 0 Å². The van der Waals surface area contributed by atoms with Gasteiger partial charge in [0.15, 0.2) is 0 Å². The Balaban J connectivity index is 2.01. The summed E-state index contributed by atoms with van der Waals surface area (Å²) in [5.74, 6) is -0.0561. The predicted molar refractivity (Wildman–Crippen MR) is 94.1 cm³/mol. The zero-order chi connectivity index (χ0) is 15.2. The number of hydrogen-bond donors (Lipinski definition) is 2. The van der Waals surface area contributed by atoms with Gasteiger partial charge in [-0.25, -0.2) is 0 Å². The molecule has 3 nitrogen and oxygen atoms in total. The molecule has 2 aromatic carbocycles. The maximum atomic E-state index is 12.3. The summed E-state index contributed by atoms with van der Waals surface area (Å²) < 4.78 is 1.01. The van der Waals surface area contributed by atoms with Crippen LogP contribution >= 0.6 is 27.7 Å². The molecule has 1 amide bonds. The quantitative estimate of drug-likeness (QED) is 0.761. The first-order valence-electron chi connectivity index (χ1n) is 6.56. The van der Waals surface area contributed by atoms with Gasteiger partial charge in [-0.2, -0.15) is 0 Å². The van der Waals surface area contributed by atoms with Crippen LogP contribution in [0, 0.1) is 0 Å². The molecular formula is C16H17BrN2OS. The molecule has 0 heterocycles. The number of hydrogen-bond acceptors (Lipinski definition) is 3. The molecule has 0 fully saturated rings. The number of rotatable bonds is 5. The van der Waals surface area contributed by atoms with E-state index in [0.717, 1.165) is 20.7 Å². The number of halogens is 1. The molecule has 110 valence electrons. The first kappa shape index (κ1) is 15.9. The standard InChI is InChI=1S/C16H17BrN2OS/c1-11(18-13-9-7-12(17)8-10-13)16(20)19-14-5-3-4-6-15(14)21-2/h3-11,18H,1-2H3,(H,19,20)/t11-/m0/s1. The molecule has 0 aromatic heterocycles. The lowest BCUT2D eigenvalue weighted by Gasteiger charge is -2.16. The number of nitrogens with one attached hydrogen (secondary N) is 2. The van der Waals surface area contributed by atoms with Crippen molar-refractivity contribution in [2.75, 3.05) is 16.9 Å². The molecule has 0 aliphatic carbocycles. The van der Waals surface area contributed by atoms with Gasteiger partial charge >= 0.3 is 0 Å². The lowest BCUT2D eigenvalue weighted by atomic mass is 10.2. The SMILES string of the molecule is CSc1ccccc1NC(=O)[C@H](C)Nc1ccc(Br)cc1. The second kappa shape index (κ2) is 7.52. The molecule has 5 heteroatoms. The Bertz CT molecular complexity index is 616. The zero-order valence-corrected chi connectivity index (χ0v) is 14.3. The number of carbonyl (C=O) groups is 1. The molecule has 0 saturated carbocycles. The van der Waals surface area contributed by atoms with Crippen molar-refractivity contribution in [3.63, 3.8) is 0 Å². The minimum Gasteiger partial charge on any atom is -0.374 e. The second-order valence-corrected chi connectivity index (χ2v) is 6.33. The van der Waals surface area contributed by atoms with E-state index in [1.165, 1.54) is 0 Å². The van der Waals surface area contributed by atoms with Gasteiger partial charge in [-0.05, 0) is 49.6 Å². The molecule has 0 aliphatic rings. The molecule has 0 saturated heterocycles. The van der Waals surface area contributed by atoms with Crippen LogP contribution in [0.1, 0.15) is 6.92 Å². The number of carbonyl (C=O) groups excluding carboxylic acids is 1. The van der Waals surface area contributed by atoms with Crippen LogP contribution in [0.5, 0.6) is 0 Å². The molecule has 0 spiro atoms. The summed E-state index contributed by atoms with van der Waals surface area (Å²) in [6, 6.07) is 15.2. The number of amides is 1. The molecule has 0 unspecified atom stereocenters. The largest absolute Gasteiger partial charge is 0.374 e. The fraction of sp³-hybridized carbons (Fsp3) is 0.188. The Kier molecular flexibility index (Phi) is 5.70. The van der Waals surface area contributed by atoms with Crippen LogP contribution in [-0.2, 0) is 4.79 Å². The van der Waals surface area contributed by atoms with Crippen molar-refractivity contribution in [1.82, 2.24) is 0 Å². The van der Waals surface area contributed by atoms with E-state index >= 15 is 0 Å². The fourth-order valence-electron chi connectivity index (χ4n) is 1.85. The highest BCUT2D eigenvalue weighted by Gasteiger charge is 2.14. The van der Waals surface area contributed by atoms with E-state index in [-0.39, 0.29) is 11.9 Å². The van der Waals surface area contributed by atoms with E-state index in [9.17, 15) is 4.79 Å². The summed E-state index contributed by atoms with van der Waals surface area (Å²) in [5, 5.41) is 6.15. The highest BCUT2D eigenvalue weighted by molar-refractivity contribution is 9.10. The smallest absolute Gasteiger partial charge is 0.246 e. The summed E-state index contributed by atoms with van der Waals surface area (Å²) >= 11 is 5.01. The first-order chi connectivity index (χ1) is 10.1.